The van der Waals surface area contributed by atoms with Crippen molar-refractivity contribution in [3.8, 4) is 5.75 Å². The Kier molecular flexibility index (Phi) is 2.84. The van der Waals surface area contributed by atoms with Crippen molar-refractivity contribution in [2.75, 3.05) is 0 Å². The molecule has 3 rings (SSSR count). The van der Waals surface area contributed by atoms with E-state index in [0.29, 0.717) is 11.8 Å². The summed E-state index contributed by atoms with van der Waals surface area (Å²) in [5, 5.41) is 13.1. The van der Waals surface area contributed by atoms with Crippen molar-refractivity contribution in [1.29, 1.82) is 0 Å². The van der Waals surface area contributed by atoms with Crippen LogP contribution in [0.25, 0.3) is 0 Å². The zero-order valence-corrected chi connectivity index (χ0v) is 10.4. The Balaban J connectivity index is 1.77. The van der Waals surface area contributed by atoms with E-state index < -0.39 is 0 Å². The molecular weight excluding hydrogens is 226 g/mol. The first kappa shape index (κ1) is 11.4. The zero-order valence-electron chi connectivity index (χ0n) is 10.4. The number of aromatic hydroxyl groups is 1. The van der Waals surface area contributed by atoms with Crippen molar-refractivity contribution in [2.24, 2.45) is 0 Å². The third-order valence-corrected chi connectivity index (χ3v) is 3.63. The Morgan fingerprint density at radius 3 is 3.06 bits per heavy atom. The fraction of sp³-hybridized carbons (Fsp3) is 0.333. The van der Waals surface area contributed by atoms with E-state index in [9.17, 15) is 5.11 Å². The van der Waals surface area contributed by atoms with Crippen molar-refractivity contribution in [1.82, 2.24) is 5.32 Å². The van der Waals surface area contributed by atoms with Crippen molar-refractivity contribution < 1.29 is 9.52 Å². The van der Waals surface area contributed by atoms with Gasteiger partial charge in [-0.15, -0.1) is 0 Å². The fourth-order valence-corrected chi connectivity index (χ4v) is 2.70. The van der Waals surface area contributed by atoms with Crippen LogP contribution in [0.15, 0.2) is 41.0 Å². The van der Waals surface area contributed by atoms with Crippen molar-refractivity contribution >= 4 is 0 Å². The van der Waals surface area contributed by atoms with E-state index in [4.69, 9.17) is 4.42 Å². The predicted octanol–water partition coefficient (Wildman–Crippen LogP) is 3.32. The molecule has 2 atom stereocenters. The lowest BCUT2D eigenvalue weighted by Crippen LogP contribution is -2.22. The summed E-state index contributed by atoms with van der Waals surface area (Å²) in [7, 11) is 0. The second-order valence-corrected chi connectivity index (χ2v) is 4.88. The monoisotopic (exact) mass is 243 g/mol. The molecule has 0 fully saturated rings. The minimum absolute atomic E-state index is 0.199. The molecule has 0 saturated carbocycles. The van der Waals surface area contributed by atoms with E-state index >= 15 is 0 Å². The van der Waals surface area contributed by atoms with E-state index in [1.54, 1.807) is 12.3 Å². The topological polar surface area (TPSA) is 45.4 Å². The number of rotatable bonds is 3. The standard InChI is InChI=1S/C15H17NO2/c1-10(15-3-2-8-18-15)16-14-7-4-11-9-12(17)5-6-13(11)14/h2-3,5-6,8-10,14,16-17H,4,7H2,1H3/t10-,14?/m1/s1. The highest BCUT2D eigenvalue weighted by Gasteiger charge is 2.24. The molecule has 0 amide bonds. The van der Waals surface area contributed by atoms with Crippen molar-refractivity contribution in [3.05, 3.63) is 53.5 Å². The van der Waals surface area contributed by atoms with E-state index in [2.05, 4.69) is 12.2 Å². The summed E-state index contributed by atoms with van der Waals surface area (Å²) in [6, 6.07) is 10.1. The average molecular weight is 243 g/mol. The van der Waals surface area contributed by atoms with Crippen LogP contribution in [-0.4, -0.2) is 5.11 Å². The number of hydrogen-bond donors (Lipinski definition) is 2. The van der Waals surface area contributed by atoms with Gasteiger partial charge in [-0.3, -0.25) is 0 Å². The van der Waals surface area contributed by atoms with Gasteiger partial charge in [0, 0.05) is 6.04 Å². The van der Waals surface area contributed by atoms with Crippen LogP contribution < -0.4 is 5.32 Å². The summed E-state index contributed by atoms with van der Waals surface area (Å²) in [5.74, 6) is 1.32. The molecule has 2 aromatic rings. The maximum atomic E-state index is 9.48. The number of nitrogens with one attached hydrogen (secondary N) is 1. The lowest BCUT2D eigenvalue weighted by molar-refractivity contribution is 0.391. The average Bonchev–Trinajstić information content (AvgIpc) is 2.98. The molecule has 1 aliphatic rings. The van der Waals surface area contributed by atoms with Gasteiger partial charge >= 0.3 is 0 Å². The molecular formula is C15H17NO2. The number of hydrogen-bond acceptors (Lipinski definition) is 3. The summed E-state index contributed by atoms with van der Waals surface area (Å²) in [5.41, 5.74) is 2.55. The van der Waals surface area contributed by atoms with Crippen LogP contribution in [0.5, 0.6) is 5.75 Å². The molecule has 0 bridgehead atoms. The smallest absolute Gasteiger partial charge is 0.120 e. The lowest BCUT2D eigenvalue weighted by Gasteiger charge is -2.18. The number of aryl methyl sites for hydroxylation is 1. The van der Waals surface area contributed by atoms with Gasteiger partial charge in [-0.25, -0.2) is 0 Å². The van der Waals surface area contributed by atoms with Crippen molar-refractivity contribution in [2.45, 2.75) is 31.8 Å². The minimum Gasteiger partial charge on any atom is -0.508 e. The van der Waals surface area contributed by atoms with Gasteiger partial charge < -0.3 is 14.8 Å². The molecule has 2 N–H and O–H groups in total. The van der Waals surface area contributed by atoms with Gasteiger partial charge in [0.2, 0.25) is 0 Å². The molecule has 0 spiro atoms. The minimum atomic E-state index is 0.199. The first-order valence-electron chi connectivity index (χ1n) is 6.35. The maximum Gasteiger partial charge on any atom is 0.120 e. The van der Waals surface area contributed by atoms with Crippen molar-refractivity contribution in [3.63, 3.8) is 0 Å². The highest BCUT2D eigenvalue weighted by molar-refractivity contribution is 5.40. The Morgan fingerprint density at radius 1 is 1.39 bits per heavy atom. The van der Waals surface area contributed by atoms with Gasteiger partial charge in [0.15, 0.2) is 0 Å². The molecule has 3 nitrogen and oxygen atoms in total. The largest absolute Gasteiger partial charge is 0.508 e. The lowest BCUT2D eigenvalue weighted by atomic mass is 10.1. The third-order valence-electron chi connectivity index (χ3n) is 3.63. The Labute approximate surface area is 106 Å². The molecule has 0 aliphatic heterocycles. The first-order valence-corrected chi connectivity index (χ1v) is 6.35. The maximum absolute atomic E-state index is 9.48. The number of furan rings is 1. The number of phenolic OH excluding ortho intramolecular Hbond substituents is 1. The van der Waals surface area contributed by atoms with Gasteiger partial charge in [-0.05, 0) is 55.2 Å². The highest BCUT2D eigenvalue weighted by atomic mass is 16.3. The van der Waals surface area contributed by atoms with Crippen LogP contribution in [0.1, 0.15) is 42.3 Å². The van der Waals surface area contributed by atoms with Crippen LogP contribution >= 0.6 is 0 Å². The summed E-state index contributed by atoms with van der Waals surface area (Å²) >= 11 is 0. The zero-order chi connectivity index (χ0) is 12.5. The predicted molar refractivity (Wildman–Crippen MR) is 69.4 cm³/mol. The van der Waals surface area contributed by atoms with E-state index in [1.165, 1.54) is 11.1 Å². The van der Waals surface area contributed by atoms with E-state index in [0.717, 1.165) is 18.6 Å². The molecule has 0 radical (unpaired) electrons. The van der Waals surface area contributed by atoms with Crippen LogP contribution in [0.2, 0.25) is 0 Å². The molecule has 1 aliphatic carbocycles. The third kappa shape index (κ3) is 2.02. The SMILES string of the molecule is C[C@@H](NC1CCc2cc(O)ccc21)c1ccco1. The molecule has 1 heterocycles. The number of benzene rings is 1. The molecule has 1 unspecified atom stereocenters. The molecule has 1 aromatic heterocycles. The number of phenols is 1. The highest BCUT2D eigenvalue weighted by Crippen LogP contribution is 2.34. The normalized spacial score (nSPS) is 19.7. The van der Waals surface area contributed by atoms with Gasteiger partial charge in [0.25, 0.3) is 0 Å². The van der Waals surface area contributed by atoms with Crippen LogP contribution in [0.4, 0.5) is 0 Å². The van der Waals surface area contributed by atoms with E-state index in [1.807, 2.05) is 24.3 Å². The molecule has 18 heavy (non-hydrogen) atoms. The van der Waals surface area contributed by atoms with Gasteiger partial charge in [0.1, 0.15) is 11.5 Å². The second kappa shape index (κ2) is 4.50. The molecule has 3 heteroatoms. The molecule has 0 saturated heterocycles. The van der Waals surface area contributed by atoms with Gasteiger partial charge in [-0.1, -0.05) is 6.07 Å². The Hall–Kier alpha value is -1.74. The van der Waals surface area contributed by atoms with Gasteiger partial charge in [0.05, 0.1) is 12.3 Å². The summed E-state index contributed by atoms with van der Waals surface area (Å²) in [4.78, 5) is 0. The summed E-state index contributed by atoms with van der Waals surface area (Å²) < 4.78 is 5.41. The quantitative estimate of drug-likeness (QED) is 0.869. The van der Waals surface area contributed by atoms with Crippen LogP contribution in [0, 0.1) is 0 Å². The molecule has 94 valence electrons. The molecule has 1 aromatic carbocycles. The van der Waals surface area contributed by atoms with E-state index in [-0.39, 0.29) is 6.04 Å². The summed E-state index contributed by atoms with van der Waals surface area (Å²) in [6.45, 7) is 2.11. The van der Waals surface area contributed by atoms with Crippen LogP contribution in [-0.2, 0) is 6.42 Å². The Morgan fingerprint density at radius 2 is 2.28 bits per heavy atom. The second-order valence-electron chi connectivity index (χ2n) is 4.88. The fourth-order valence-electron chi connectivity index (χ4n) is 2.70. The summed E-state index contributed by atoms with van der Waals surface area (Å²) in [6.07, 6.45) is 3.80. The first-order chi connectivity index (χ1) is 8.74. The Bertz CT molecular complexity index is 533. The number of fused-ring (bicyclic) bond motifs is 1. The van der Waals surface area contributed by atoms with Crippen LogP contribution in [0.3, 0.4) is 0 Å². The van der Waals surface area contributed by atoms with Gasteiger partial charge in [-0.2, -0.15) is 0 Å².